The maximum atomic E-state index is 5.41. The summed E-state index contributed by atoms with van der Waals surface area (Å²) in [5, 5.41) is 0. The van der Waals surface area contributed by atoms with Gasteiger partial charge in [0.1, 0.15) is 18.2 Å². The topological polar surface area (TPSA) is 63.9 Å². The monoisotopic (exact) mass is 155 g/mol. The number of hydrogen-bond donors (Lipinski definition) is 2. The van der Waals surface area contributed by atoms with Crippen LogP contribution in [0.2, 0.25) is 0 Å². The Morgan fingerprint density at radius 2 is 2.45 bits per heavy atom. The van der Waals surface area contributed by atoms with Crippen LogP contribution in [0, 0.1) is 0 Å². The molecule has 0 saturated carbocycles. The van der Waals surface area contributed by atoms with E-state index in [2.05, 4.69) is 9.97 Å². The van der Waals surface area contributed by atoms with Crippen LogP contribution in [0.15, 0.2) is 6.20 Å². The minimum absolute atomic E-state index is 0.223. The first-order chi connectivity index (χ1) is 5.18. The summed E-state index contributed by atoms with van der Waals surface area (Å²) in [4.78, 5) is 6.86. The summed E-state index contributed by atoms with van der Waals surface area (Å²) in [6.45, 7) is 4.45. The minimum atomic E-state index is 0.223. The van der Waals surface area contributed by atoms with Gasteiger partial charge in [-0.15, -0.1) is 0 Å². The molecular formula is C7H13N3O. The van der Waals surface area contributed by atoms with Gasteiger partial charge < -0.3 is 15.5 Å². The van der Waals surface area contributed by atoms with E-state index >= 15 is 0 Å². The second kappa shape index (κ2) is 3.39. The summed E-state index contributed by atoms with van der Waals surface area (Å²) in [6.07, 6.45) is 1.81. The number of aromatic nitrogens is 2. The van der Waals surface area contributed by atoms with E-state index in [-0.39, 0.29) is 6.10 Å². The van der Waals surface area contributed by atoms with Crippen LogP contribution in [0.3, 0.4) is 0 Å². The second-order valence-corrected chi connectivity index (χ2v) is 2.64. The maximum absolute atomic E-state index is 5.41. The van der Waals surface area contributed by atoms with Gasteiger partial charge in [-0.1, -0.05) is 0 Å². The number of nitrogens with one attached hydrogen (secondary N) is 1. The van der Waals surface area contributed by atoms with Crippen LogP contribution >= 0.6 is 0 Å². The van der Waals surface area contributed by atoms with Gasteiger partial charge in [0.15, 0.2) is 0 Å². The fraction of sp³-hybridized carbons (Fsp3) is 0.571. The molecule has 0 amide bonds. The van der Waals surface area contributed by atoms with Crippen LogP contribution in [0.4, 0.5) is 5.82 Å². The first kappa shape index (κ1) is 8.07. The maximum Gasteiger partial charge on any atom is 0.133 e. The first-order valence-corrected chi connectivity index (χ1v) is 3.59. The predicted molar refractivity (Wildman–Crippen MR) is 42.9 cm³/mol. The predicted octanol–water partition coefficient (Wildman–Crippen LogP) is 0.917. The van der Waals surface area contributed by atoms with Crippen molar-refractivity contribution >= 4 is 5.82 Å². The Morgan fingerprint density at radius 3 is 2.91 bits per heavy atom. The first-order valence-electron chi connectivity index (χ1n) is 3.59. The molecule has 1 rings (SSSR count). The lowest BCUT2D eigenvalue weighted by atomic mass is 10.5. The van der Waals surface area contributed by atoms with Crippen LogP contribution in [0.25, 0.3) is 0 Å². The molecule has 62 valence electrons. The van der Waals surface area contributed by atoms with Crippen molar-refractivity contribution in [1.29, 1.82) is 0 Å². The van der Waals surface area contributed by atoms with Gasteiger partial charge in [0.25, 0.3) is 0 Å². The lowest BCUT2D eigenvalue weighted by Gasteiger charge is -2.03. The molecule has 4 nitrogen and oxygen atoms in total. The van der Waals surface area contributed by atoms with Gasteiger partial charge in [-0.05, 0) is 13.8 Å². The molecular weight excluding hydrogens is 142 g/mol. The average Bonchev–Trinajstić information content (AvgIpc) is 2.31. The van der Waals surface area contributed by atoms with Crippen LogP contribution in [-0.4, -0.2) is 16.1 Å². The number of imidazole rings is 1. The van der Waals surface area contributed by atoms with Crippen molar-refractivity contribution in [2.24, 2.45) is 0 Å². The van der Waals surface area contributed by atoms with Crippen molar-refractivity contribution in [3.05, 3.63) is 12.0 Å². The zero-order valence-corrected chi connectivity index (χ0v) is 6.79. The Balaban J connectivity index is 2.39. The van der Waals surface area contributed by atoms with Crippen molar-refractivity contribution in [1.82, 2.24) is 9.97 Å². The molecule has 1 aromatic heterocycles. The van der Waals surface area contributed by atoms with Gasteiger partial charge in [0.2, 0.25) is 0 Å². The van der Waals surface area contributed by atoms with Gasteiger partial charge in [0, 0.05) is 0 Å². The van der Waals surface area contributed by atoms with E-state index in [9.17, 15) is 0 Å². The Kier molecular flexibility index (Phi) is 2.48. The summed E-state index contributed by atoms with van der Waals surface area (Å²) < 4.78 is 5.29. The molecule has 3 N–H and O–H groups in total. The Labute approximate surface area is 65.8 Å². The molecule has 0 aromatic carbocycles. The lowest BCUT2D eigenvalue weighted by Crippen LogP contribution is -2.03. The van der Waals surface area contributed by atoms with Crippen LogP contribution in [-0.2, 0) is 11.3 Å². The molecule has 0 aliphatic carbocycles. The SMILES string of the molecule is CC(C)OCc1ncc(N)[nH]1. The fourth-order valence-electron chi connectivity index (χ4n) is 0.698. The Morgan fingerprint density at radius 1 is 1.73 bits per heavy atom. The molecule has 0 aliphatic heterocycles. The molecule has 0 radical (unpaired) electrons. The number of nitrogens with two attached hydrogens (primary N) is 1. The van der Waals surface area contributed by atoms with E-state index in [1.54, 1.807) is 6.20 Å². The third kappa shape index (κ3) is 2.59. The zero-order valence-electron chi connectivity index (χ0n) is 6.79. The molecule has 1 aromatic rings. The summed E-state index contributed by atoms with van der Waals surface area (Å²) in [5.74, 6) is 1.35. The highest BCUT2D eigenvalue weighted by Crippen LogP contribution is 2.00. The quantitative estimate of drug-likeness (QED) is 0.682. The van der Waals surface area contributed by atoms with E-state index in [4.69, 9.17) is 10.5 Å². The molecule has 0 unspecified atom stereocenters. The number of nitrogen functional groups attached to an aromatic ring is 1. The van der Waals surface area contributed by atoms with E-state index in [0.29, 0.717) is 12.4 Å². The van der Waals surface area contributed by atoms with E-state index < -0.39 is 0 Å². The number of rotatable bonds is 3. The van der Waals surface area contributed by atoms with E-state index in [1.807, 2.05) is 13.8 Å². The lowest BCUT2D eigenvalue weighted by molar-refractivity contribution is 0.0617. The summed E-state index contributed by atoms with van der Waals surface area (Å²) in [7, 11) is 0. The van der Waals surface area contributed by atoms with Gasteiger partial charge >= 0.3 is 0 Å². The van der Waals surface area contributed by atoms with Gasteiger partial charge in [-0.2, -0.15) is 0 Å². The third-order valence-electron chi connectivity index (χ3n) is 1.20. The number of H-pyrrole nitrogens is 1. The molecule has 0 bridgehead atoms. The van der Waals surface area contributed by atoms with Gasteiger partial charge in [0.05, 0.1) is 12.3 Å². The molecule has 0 saturated heterocycles. The Hall–Kier alpha value is -1.03. The van der Waals surface area contributed by atoms with Crippen LogP contribution in [0.5, 0.6) is 0 Å². The third-order valence-corrected chi connectivity index (χ3v) is 1.20. The largest absolute Gasteiger partial charge is 0.384 e. The average molecular weight is 155 g/mol. The second-order valence-electron chi connectivity index (χ2n) is 2.64. The van der Waals surface area contributed by atoms with Crippen molar-refractivity contribution in [2.75, 3.05) is 5.73 Å². The number of anilines is 1. The highest BCUT2D eigenvalue weighted by molar-refractivity contribution is 5.23. The standard InChI is InChI=1S/C7H13N3O/c1-5(2)11-4-7-9-3-6(8)10-7/h3,5H,4,8H2,1-2H3,(H,9,10). The molecule has 0 atom stereocenters. The summed E-state index contributed by atoms with van der Waals surface area (Å²) in [6, 6.07) is 0. The molecule has 1 heterocycles. The zero-order chi connectivity index (χ0) is 8.27. The summed E-state index contributed by atoms with van der Waals surface area (Å²) in [5.41, 5.74) is 5.41. The number of ether oxygens (including phenoxy) is 1. The number of hydrogen-bond acceptors (Lipinski definition) is 3. The van der Waals surface area contributed by atoms with Crippen LogP contribution < -0.4 is 5.73 Å². The van der Waals surface area contributed by atoms with Crippen molar-refractivity contribution < 1.29 is 4.74 Å². The molecule has 4 heteroatoms. The van der Waals surface area contributed by atoms with Gasteiger partial charge in [-0.25, -0.2) is 4.98 Å². The van der Waals surface area contributed by atoms with Crippen molar-refractivity contribution in [3.63, 3.8) is 0 Å². The number of aromatic amines is 1. The van der Waals surface area contributed by atoms with E-state index in [0.717, 1.165) is 5.82 Å². The molecule has 11 heavy (non-hydrogen) atoms. The van der Waals surface area contributed by atoms with Crippen molar-refractivity contribution in [2.45, 2.75) is 26.6 Å². The molecule has 0 aliphatic rings. The van der Waals surface area contributed by atoms with E-state index in [1.165, 1.54) is 0 Å². The smallest absolute Gasteiger partial charge is 0.133 e. The molecule has 0 spiro atoms. The fourth-order valence-corrected chi connectivity index (χ4v) is 0.698. The summed E-state index contributed by atoms with van der Waals surface area (Å²) >= 11 is 0. The Bertz CT molecular complexity index is 219. The highest BCUT2D eigenvalue weighted by Gasteiger charge is 1.98. The van der Waals surface area contributed by atoms with Crippen molar-refractivity contribution in [3.8, 4) is 0 Å². The van der Waals surface area contributed by atoms with Gasteiger partial charge in [-0.3, -0.25) is 0 Å². The normalized spacial score (nSPS) is 10.8. The number of nitrogens with zero attached hydrogens (tertiary/aromatic N) is 1. The van der Waals surface area contributed by atoms with Crippen LogP contribution in [0.1, 0.15) is 19.7 Å². The highest BCUT2D eigenvalue weighted by atomic mass is 16.5. The minimum Gasteiger partial charge on any atom is -0.384 e. The molecule has 0 fully saturated rings.